The number of aryl methyl sites for hydroxylation is 1. The molecule has 1 aliphatic heterocycles. The van der Waals surface area contributed by atoms with Gasteiger partial charge < -0.3 is 10.2 Å². The van der Waals surface area contributed by atoms with Crippen molar-refractivity contribution in [2.75, 3.05) is 19.6 Å². The van der Waals surface area contributed by atoms with Crippen LogP contribution >= 0.6 is 0 Å². The average molecular weight is 373 g/mol. The van der Waals surface area contributed by atoms with Crippen molar-refractivity contribution in [3.05, 3.63) is 34.5 Å². The number of nitro groups is 1. The summed E-state index contributed by atoms with van der Waals surface area (Å²) in [6.45, 7) is 7.69. The number of rotatable bonds is 7. The zero-order valence-corrected chi connectivity index (χ0v) is 15.9. The van der Waals surface area contributed by atoms with Crippen molar-refractivity contribution in [1.29, 1.82) is 0 Å². The van der Waals surface area contributed by atoms with Crippen LogP contribution in [-0.4, -0.2) is 51.2 Å². The van der Waals surface area contributed by atoms with Crippen LogP contribution in [0.2, 0.25) is 0 Å². The van der Waals surface area contributed by atoms with E-state index in [2.05, 4.69) is 29.2 Å². The largest absolute Gasteiger partial charge is 0.356 e. The molecule has 1 aliphatic rings. The maximum Gasteiger partial charge on any atom is 0.271 e. The normalized spacial score (nSPS) is 18.1. The van der Waals surface area contributed by atoms with Gasteiger partial charge in [0.1, 0.15) is 0 Å². The van der Waals surface area contributed by atoms with Gasteiger partial charge >= 0.3 is 0 Å². The number of carbonyl (C=O) groups is 1. The van der Waals surface area contributed by atoms with Crippen molar-refractivity contribution in [2.24, 2.45) is 5.92 Å². The van der Waals surface area contributed by atoms with Crippen LogP contribution in [-0.2, 0) is 11.3 Å². The van der Waals surface area contributed by atoms with Gasteiger partial charge in [-0.2, -0.15) is 5.10 Å². The Morgan fingerprint density at radius 3 is 3.00 bits per heavy atom. The number of non-ortho nitro benzene ring substituents is 1. The number of likely N-dealkylation sites (tertiary alicyclic amines) is 1. The smallest absolute Gasteiger partial charge is 0.271 e. The standard InChI is InChI=1S/C19H27N5O3/c1-14(2)22-8-3-4-15(13-22)11-20-19(25)7-9-23-18-10-17(24(26)27)6-5-16(18)12-21-23/h5-6,10,12,14-15H,3-4,7-9,11,13H2,1-2H3,(H,20,25). The van der Waals surface area contributed by atoms with Gasteiger partial charge in [0, 0.05) is 43.1 Å². The van der Waals surface area contributed by atoms with Gasteiger partial charge in [0.2, 0.25) is 5.91 Å². The maximum absolute atomic E-state index is 12.2. The van der Waals surface area contributed by atoms with Crippen molar-refractivity contribution in [3.8, 4) is 0 Å². The fraction of sp³-hybridized carbons (Fsp3) is 0.579. The van der Waals surface area contributed by atoms with Crippen LogP contribution in [0.25, 0.3) is 10.9 Å². The predicted molar refractivity (Wildman–Crippen MR) is 103 cm³/mol. The Morgan fingerprint density at radius 1 is 1.44 bits per heavy atom. The number of amides is 1. The molecule has 1 unspecified atom stereocenters. The molecular formula is C19H27N5O3. The molecular weight excluding hydrogens is 346 g/mol. The van der Waals surface area contributed by atoms with E-state index in [9.17, 15) is 14.9 Å². The molecule has 1 N–H and O–H groups in total. The quantitative estimate of drug-likeness (QED) is 0.595. The van der Waals surface area contributed by atoms with E-state index in [1.807, 2.05) is 0 Å². The molecule has 146 valence electrons. The number of hydrogen-bond donors (Lipinski definition) is 1. The van der Waals surface area contributed by atoms with Gasteiger partial charge in [0.05, 0.1) is 23.2 Å². The predicted octanol–water partition coefficient (Wildman–Crippen LogP) is 2.57. The van der Waals surface area contributed by atoms with Crippen LogP contribution < -0.4 is 5.32 Å². The molecule has 0 radical (unpaired) electrons. The number of aromatic nitrogens is 2. The molecule has 1 aromatic heterocycles. The molecule has 2 aromatic rings. The van der Waals surface area contributed by atoms with E-state index in [1.165, 1.54) is 18.6 Å². The molecule has 0 spiro atoms. The van der Waals surface area contributed by atoms with E-state index in [4.69, 9.17) is 0 Å². The third kappa shape index (κ3) is 4.82. The van der Waals surface area contributed by atoms with Crippen molar-refractivity contribution >= 4 is 22.5 Å². The number of benzene rings is 1. The second kappa shape index (κ2) is 8.47. The highest BCUT2D eigenvalue weighted by Gasteiger charge is 2.22. The number of nitrogens with one attached hydrogen (secondary N) is 1. The number of nitro benzene ring substituents is 1. The van der Waals surface area contributed by atoms with Crippen LogP contribution in [0, 0.1) is 16.0 Å². The first kappa shape index (κ1) is 19.3. The average Bonchev–Trinajstić information content (AvgIpc) is 3.07. The Labute approximate surface area is 158 Å². The van der Waals surface area contributed by atoms with Gasteiger partial charge in [-0.1, -0.05) is 0 Å². The highest BCUT2D eigenvalue weighted by molar-refractivity contribution is 5.81. The second-order valence-corrected chi connectivity index (χ2v) is 7.52. The third-order valence-electron chi connectivity index (χ3n) is 5.26. The fourth-order valence-corrected chi connectivity index (χ4v) is 3.64. The van der Waals surface area contributed by atoms with E-state index >= 15 is 0 Å². The molecule has 8 nitrogen and oxygen atoms in total. The first-order valence-corrected chi connectivity index (χ1v) is 9.54. The lowest BCUT2D eigenvalue weighted by Crippen LogP contribution is -2.43. The first-order valence-electron chi connectivity index (χ1n) is 9.54. The summed E-state index contributed by atoms with van der Waals surface area (Å²) in [5.41, 5.74) is 0.706. The minimum absolute atomic E-state index is 0.00856. The van der Waals surface area contributed by atoms with Crippen LogP contribution in [0.4, 0.5) is 5.69 Å². The van der Waals surface area contributed by atoms with Crippen LogP contribution in [0.3, 0.4) is 0 Å². The van der Waals surface area contributed by atoms with E-state index in [1.54, 1.807) is 16.9 Å². The van der Waals surface area contributed by atoms with Gasteiger partial charge in [-0.15, -0.1) is 0 Å². The summed E-state index contributed by atoms with van der Waals surface area (Å²) in [7, 11) is 0. The monoisotopic (exact) mass is 373 g/mol. The van der Waals surface area contributed by atoms with Crippen molar-refractivity contribution in [3.63, 3.8) is 0 Å². The number of carbonyl (C=O) groups excluding carboxylic acids is 1. The van der Waals surface area contributed by atoms with Crippen LogP contribution in [0.1, 0.15) is 33.1 Å². The van der Waals surface area contributed by atoms with Gasteiger partial charge in [-0.05, 0) is 45.2 Å². The molecule has 1 atom stereocenters. The van der Waals surface area contributed by atoms with Crippen molar-refractivity contribution in [2.45, 2.75) is 45.7 Å². The summed E-state index contributed by atoms with van der Waals surface area (Å²) in [5, 5.41) is 19.1. The number of nitrogens with zero attached hydrogens (tertiary/aromatic N) is 4. The molecule has 0 aliphatic carbocycles. The topological polar surface area (TPSA) is 93.3 Å². The molecule has 1 amide bonds. The lowest BCUT2D eigenvalue weighted by atomic mass is 9.97. The van der Waals surface area contributed by atoms with E-state index in [0.717, 1.165) is 24.9 Å². The summed E-state index contributed by atoms with van der Waals surface area (Å²) in [6, 6.07) is 5.19. The van der Waals surface area contributed by atoms with Gasteiger partial charge in [-0.25, -0.2) is 0 Å². The molecule has 27 heavy (non-hydrogen) atoms. The van der Waals surface area contributed by atoms with E-state index in [-0.39, 0.29) is 11.6 Å². The zero-order chi connectivity index (χ0) is 19.4. The highest BCUT2D eigenvalue weighted by atomic mass is 16.6. The molecule has 1 fully saturated rings. The molecule has 2 heterocycles. The van der Waals surface area contributed by atoms with Crippen LogP contribution in [0.15, 0.2) is 24.4 Å². The van der Waals surface area contributed by atoms with Crippen molar-refractivity contribution < 1.29 is 9.72 Å². The first-order chi connectivity index (χ1) is 12.9. The van der Waals surface area contributed by atoms with Crippen molar-refractivity contribution in [1.82, 2.24) is 20.0 Å². The lowest BCUT2D eigenvalue weighted by Gasteiger charge is -2.35. The second-order valence-electron chi connectivity index (χ2n) is 7.52. The zero-order valence-electron chi connectivity index (χ0n) is 15.9. The molecule has 1 saturated heterocycles. The van der Waals surface area contributed by atoms with Gasteiger partial charge in [0.25, 0.3) is 5.69 Å². The SMILES string of the molecule is CC(C)N1CCCC(CNC(=O)CCn2ncc3ccc([N+](=O)[O-])cc32)C1. The fourth-order valence-electron chi connectivity index (χ4n) is 3.64. The van der Waals surface area contributed by atoms with Gasteiger partial charge in [-0.3, -0.25) is 19.6 Å². The Hall–Kier alpha value is -2.48. The third-order valence-corrected chi connectivity index (χ3v) is 5.26. The van der Waals surface area contributed by atoms with Crippen LogP contribution in [0.5, 0.6) is 0 Å². The Balaban J connectivity index is 1.51. The Bertz CT molecular complexity index is 817. The number of fused-ring (bicyclic) bond motifs is 1. The van der Waals surface area contributed by atoms with E-state index in [0.29, 0.717) is 37.0 Å². The number of piperidine rings is 1. The Kier molecular flexibility index (Phi) is 6.05. The summed E-state index contributed by atoms with van der Waals surface area (Å²) in [5.74, 6) is 0.490. The van der Waals surface area contributed by atoms with E-state index < -0.39 is 4.92 Å². The molecule has 0 bridgehead atoms. The molecule has 1 aromatic carbocycles. The molecule has 3 rings (SSSR count). The minimum Gasteiger partial charge on any atom is -0.356 e. The summed E-state index contributed by atoms with van der Waals surface area (Å²) in [4.78, 5) is 25.2. The summed E-state index contributed by atoms with van der Waals surface area (Å²) >= 11 is 0. The molecule has 8 heteroatoms. The highest BCUT2D eigenvalue weighted by Crippen LogP contribution is 2.21. The van der Waals surface area contributed by atoms with Gasteiger partial charge in [0.15, 0.2) is 0 Å². The number of hydrogen-bond acceptors (Lipinski definition) is 5. The molecule has 0 saturated carbocycles. The minimum atomic E-state index is -0.423. The maximum atomic E-state index is 12.2. The lowest BCUT2D eigenvalue weighted by molar-refractivity contribution is -0.384. The Morgan fingerprint density at radius 2 is 2.26 bits per heavy atom. The summed E-state index contributed by atoms with van der Waals surface area (Å²) in [6.07, 6.45) is 4.30. The summed E-state index contributed by atoms with van der Waals surface area (Å²) < 4.78 is 1.66.